The van der Waals surface area contributed by atoms with E-state index < -0.39 is 0 Å². The topological polar surface area (TPSA) is 59.2 Å². The third-order valence-electron chi connectivity index (χ3n) is 3.59. The Morgan fingerprint density at radius 2 is 1.89 bits per heavy atom. The van der Waals surface area contributed by atoms with Crippen molar-refractivity contribution in [2.24, 2.45) is 0 Å². The monoisotopic (exact) mass is 322 g/mol. The lowest BCUT2D eigenvalue weighted by molar-refractivity contribution is 0.0908. The summed E-state index contributed by atoms with van der Waals surface area (Å²) in [5, 5.41) is 14.0. The van der Waals surface area contributed by atoms with Gasteiger partial charge in [-0.15, -0.1) is 0 Å². The van der Waals surface area contributed by atoms with Gasteiger partial charge in [-0.05, 0) is 37.1 Å². The zero-order chi connectivity index (χ0) is 13.2. The van der Waals surface area contributed by atoms with Crippen LogP contribution in [0.4, 0.5) is 0 Å². The Bertz CT molecular complexity index is 553. The highest BCUT2D eigenvalue weighted by Crippen LogP contribution is 2.33. The SMILES string of the molecule is OC1CCCCC1c1nc(-c2ccc(Br)cc2)no1. The molecular formula is C14H15BrN2O2. The lowest BCUT2D eigenvalue weighted by Crippen LogP contribution is -2.22. The molecule has 0 bridgehead atoms. The summed E-state index contributed by atoms with van der Waals surface area (Å²) < 4.78 is 6.34. The van der Waals surface area contributed by atoms with E-state index in [4.69, 9.17) is 4.52 Å². The van der Waals surface area contributed by atoms with Gasteiger partial charge >= 0.3 is 0 Å². The van der Waals surface area contributed by atoms with E-state index in [1.165, 1.54) is 0 Å². The van der Waals surface area contributed by atoms with Crippen molar-refractivity contribution in [3.8, 4) is 11.4 Å². The summed E-state index contributed by atoms with van der Waals surface area (Å²) >= 11 is 3.40. The summed E-state index contributed by atoms with van der Waals surface area (Å²) in [6, 6.07) is 7.77. The Labute approximate surface area is 120 Å². The molecule has 1 aromatic carbocycles. The van der Waals surface area contributed by atoms with E-state index in [-0.39, 0.29) is 12.0 Å². The summed E-state index contributed by atoms with van der Waals surface area (Å²) in [5.74, 6) is 1.14. The molecule has 5 heteroatoms. The molecule has 0 aliphatic heterocycles. The first-order valence-electron chi connectivity index (χ1n) is 6.51. The number of halogens is 1. The number of aliphatic hydroxyl groups excluding tert-OH is 1. The number of benzene rings is 1. The molecule has 2 unspecified atom stereocenters. The molecule has 1 aromatic heterocycles. The summed E-state index contributed by atoms with van der Waals surface area (Å²) in [4.78, 5) is 4.43. The number of hydrogen-bond acceptors (Lipinski definition) is 4. The maximum Gasteiger partial charge on any atom is 0.232 e. The highest BCUT2D eigenvalue weighted by atomic mass is 79.9. The smallest absolute Gasteiger partial charge is 0.232 e. The predicted octanol–water partition coefficient (Wildman–Crippen LogP) is 3.52. The first-order valence-corrected chi connectivity index (χ1v) is 7.31. The molecule has 3 rings (SSSR count). The summed E-state index contributed by atoms with van der Waals surface area (Å²) in [6.45, 7) is 0. The number of rotatable bonds is 2. The number of aromatic nitrogens is 2. The largest absolute Gasteiger partial charge is 0.392 e. The summed E-state index contributed by atoms with van der Waals surface area (Å²) in [6.07, 6.45) is 3.57. The quantitative estimate of drug-likeness (QED) is 0.919. The third kappa shape index (κ3) is 2.72. The molecule has 1 fully saturated rings. The van der Waals surface area contributed by atoms with Crippen LogP contribution in [0, 0.1) is 0 Å². The number of nitrogens with zero attached hydrogens (tertiary/aromatic N) is 2. The van der Waals surface area contributed by atoms with Gasteiger partial charge in [0.05, 0.1) is 12.0 Å². The molecule has 0 saturated heterocycles. The van der Waals surface area contributed by atoms with Gasteiger partial charge in [0.25, 0.3) is 0 Å². The van der Waals surface area contributed by atoms with Crippen LogP contribution in [0.5, 0.6) is 0 Å². The van der Waals surface area contributed by atoms with Crippen molar-refractivity contribution >= 4 is 15.9 Å². The van der Waals surface area contributed by atoms with Crippen molar-refractivity contribution in [1.29, 1.82) is 0 Å². The minimum atomic E-state index is -0.355. The maximum atomic E-state index is 10.0. The van der Waals surface area contributed by atoms with Crippen molar-refractivity contribution in [2.75, 3.05) is 0 Å². The molecule has 1 aliphatic carbocycles. The lowest BCUT2D eigenvalue weighted by Gasteiger charge is -2.24. The fourth-order valence-electron chi connectivity index (χ4n) is 2.50. The molecule has 0 spiro atoms. The first-order chi connectivity index (χ1) is 9.24. The molecule has 100 valence electrons. The molecule has 1 heterocycles. The molecule has 2 aromatic rings. The molecule has 1 N–H and O–H groups in total. The molecule has 2 atom stereocenters. The molecule has 1 saturated carbocycles. The Balaban J connectivity index is 1.84. The van der Waals surface area contributed by atoms with Crippen LogP contribution in [0.1, 0.15) is 37.5 Å². The lowest BCUT2D eigenvalue weighted by atomic mass is 9.86. The van der Waals surface area contributed by atoms with Gasteiger partial charge < -0.3 is 9.63 Å². The van der Waals surface area contributed by atoms with Crippen LogP contribution < -0.4 is 0 Å². The van der Waals surface area contributed by atoms with E-state index in [0.717, 1.165) is 35.7 Å². The Morgan fingerprint density at radius 1 is 1.16 bits per heavy atom. The number of aliphatic hydroxyl groups is 1. The minimum Gasteiger partial charge on any atom is -0.392 e. The van der Waals surface area contributed by atoms with Gasteiger partial charge in [-0.2, -0.15) is 4.98 Å². The van der Waals surface area contributed by atoms with Crippen LogP contribution in [-0.2, 0) is 0 Å². The van der Waals surface area contributed by atoms with E-state index in [1.807, 2.05) is 24.3 Å². The molecule has 0 amide bonds. The van der Waals surface area contributed by atoms with E-state index in [1.54, 1.807) is 0 Å². The van der Waals surface area contributed by atoms with Gasteiger partial charge in [-0.3, -0.25) is 0 Å². The van der Waals surface area contributed by atoms with Crippen molar-refractivity contribution in [2.45, 2.75) is 37.7 Å². The van der Waals surface area contributed by atoms with Gasteiger partial charge in [0, 0.05) is 10.0 Å². The van der Waals surface area contributed by atoms with Crippen LogP contribution in [0.2, 0.25) is 0 Å². The van der Waals surface area contributed by atoms with Crippen LogP contribution in [0.15, 0.2) is 33.3 Å². The van der Waals surface area contributed by atoms with Crippen LogP contribution in [0.25, 0.3) is 11.4 Å². The molecule has 19 heavy (non-hydrogen) atoms. The van der Waals surface area contributed by atoms with Gasteiger partial charge in [0.2, 0.25) is 11.7 Å². The van der Waals surface area contributed by atoms with Crippen molar-refractivity contribution in [1.82, 2.24) is 10.1 Å². The summed E-state index contributed by atoms with van der Waals surface area (Å²) in [5.41, 5.74) is 0.920. The normalized spacial score (nSPS) is 23.5. The van der Waals surface area contributed by atoms with E-state index in [2.05, 4.69) is 26.1 Å². The standard InChI is InChI=1S/C14H15BrN2O2/c15-10-7-5-9(6-8-10)13-16-14(19-17-13)11-3-1-2-4-12(11)18/h5-8,11-12,18H,1-4H2. The average Bonchev–Trinajstić information content (AvgIpc) is 2.89. The Morgan fingerprint density at radius 3 is 2.63 bits per heavy atom. The molecule has 4 nitrogen and oxygen atoms in total. The fourth-order valence-corrected chi connectivity index (χ4v) is 2.77. The van der Waals surface area contributed by atoms with Crippen LogP contribution >= 0.6 is 15.9 Å². The Kier molecular flexibility index (Phi) is 3.66. The van der Waals surface area contributed by atoms with E-state index >= 15 is 0 Å². The molecular weight excluding hydrogens is 308 g/mol. The predicted molar refractivity (Wildman–Crippen MR) is 74.6 cm³/mol. The van der Waals surface area contributed by atoms with Gasteiger partial charge in [0.15, 0.2) is 0 Å². The van der Waals surface area contributed by atoms with Crippen molar-refractivity contribution in [3.63, 3.8) is 0 Å². The molecule has 1 aliphatic rings. The second-order valence-corrected chi connectivity index (χ2v) is 5.84. The summed E-state index contributed by atoms with van der Waals surface area (Å²) in [7, 11) is 0. The Hall–Kier alpha value is -1.20. The second kappa shape index (κ2) is 5.43. The average molecular weight is 323 g/mol. The highest BCUT2D eigenvalue weighted by Gasteiger charge is 2.29. The second-order valence-electron chi connectivity index (χ2n) is 4.92. The van der Waals surface area contributed by atoms with E-state index in [0.29, 0.717) is 11.7 Å². The van der Waals surface area contributed by atoms with Gasteiger partial charge in [-0.1, -0.05) is 33.9 Å². The van der Waals surface area contributed by atoms with Crippen molar-refractivity contribution in [3.05, 3.63) is 34.6 Å². The first kappa shape index (κ1) is 12.8. The zero-order valence-electron chi connectivity index (χ0n) is 10.4. The maximum absolute atomic E-state index is 10.0. The van der Waals surface area contributed by atoms with Crippen LogP contribution in [-0.4, -0.2) is 21.4 Å². The molecule has 0 radical (unpaired) electrons. The van der Waals surface area contributed by atoms with E-state index in [9.17, 15) is 5.11 Å². The zero-order valence-corrected chi connectivity index (χ0v) is 12.0. The fraction of sp³-hybridized carbons (Fsp3) is 0.429. The number of hydrogen-bond donors (Lipinski definition) is 1. The van der Waals surface area contributed by atoms with Crippen molar-refractivity contribution < 1.29 is 9.63 Å². The minimum absolute atomic E-state index is 0.00884. The highest BCUT2D eigenvalue weighted by molar-refractivity contribution is 9.10. The van der Waals surface area contributed by atoms with Gasteiger partial charge in [-0.25, -0.2) is 0 Å². The van der Waals surface area contributed by atoms with Crippen LogP contribution in [0.3, 0.4) is 0 Å². The third-order valence-corrected chi connectivity index (χ3v) is 4.12. The van der Waals surface area contributed by atoms with Gasteiger partial charge in [0.1, 0.15) is 0 Å².